The van der Waals surface area contributed by atoms with Crippen molar-refractivity contribution in [2.75, 3.05) is 5.32 Å². The van der Waals surface area contributed by atoms with Gasteiger partial charge in [-0.2, -0.15) is 0 Å². The Morgan fingerprint density at radius 2 is 1.95 bits per heavy atom. The van der Waals surface area contributed by atoms with Gasteiger partial charge in [0.1, 0.15) is 22.6 Å². The quantitative estimate of drug-likeness (QED) is 0.851. The Morgan fingerprint density at radius 3 is 2.65 bits per heavy atom. The van der Waals surface area contributed by atoms with Gasteiger partial charge in [-0.05, 0) is 36.5 Å². The zero-order valence-corrected chi connectivity index (χ0v) is 11.7. The fourth-order valence-electron chi connectivity index (χ4n) is 2.02. The topological polar surface area (TPSA) is 37.8 Å². The first kappa shape index (κ1) is 13.3. The normalized spacial score (nSPS) is 14.3. The Kier molecular flexibility index (Phi) is 3.83. The Bertz CT molecular complexity index is 597. The Morgan fingerprint density at radius 1 is 1.20 bits per heavy atom. The number of rotatable bonds is 5. The minimum absolute atomic E-state index is 0.231. The van der Waals surface area contributed by atoms with Crippen LogP contribution in [0.4, 0.5) is 10.2 Å². The van der Waals surface area contributed by atoms with E-state index >= 15 is 0 Å². The molecule has 5 heteroatoms. The Labute approximate surface area is 122 Å². The third-order valence-corrected chi connectivity index (χ3v) is 3.49. The summed E-state index contributed by atoms with van der Waals surface area (Å²) in [7, 11) is 0. The van der Waals surface area contributed by atoms with Crippen molar-refractivity contribution in [2.45, 2.75) is 25.8 Å². The predicted octanol–water partition coefficient (Wildman–Crippen LogP) is 3.83. The summed E-state index contributed by atoms with van der Waals surface area (Å²) >= 11 is 6.02. The molecular weight excluding hydrogens is 277 g/mol. The lowest BCUT2D eigenvalue weighted by Gasteiger charge is -2.08. The summed E-state index contributed by atoms with van der Waals surface area (Å²) in [5.74, 6) is 2.00. The number of nitrogens with zero attached hydrogens (tertiary/aromatic N) is 2. The number of benzene rings is 1. The second kappa shape index (κ2) is 5.75. The lowest BCUT2D eigenvalue weighted by atomic mass is 10.2. The van der Waals surface area contributed by atoms with E-state index in [1.54, 1.807) is 18.2 Å². The zero-order valence-electron chi connectivity index (χ0n) is 10.9. The highest BCUT2D eigenvalue weighted by Crippen LogP contribution is 2.32. The van der Waals surface area contributed by atoms with E-state index in [-0.39, 0.29) is 5.82 Å². The van der Waals surface area contributed by atoms with Gasteiger partial charge in [0, 0.05) is 19.0 Å². The van der Waals surface area contributed by atoms with E-state index < -0.39 is 0 Å². The second-order valence-corrected chi connectivity index (χ2v) is 5.51. The van der Waals surface area contributed by atoms with Crippen molar-refractivity contribution in [1.29, 1.82) is 0 Å². The van der Waals surface area contributed by atoms with Crippen LogP contribution in [0.3, 0.4) is 0 Å². The highest BCUT2D eigenvalue weighted by atomic mass is 35.5. The lowest BCUT2D eigenvalue weighted by molar-refractivity contribution is 0.627. The van der Waals surface area contributed by atoms with Crippen molar-refractivity contribution in [3.05, 3.63) is 52.7 Å². The number of hydrogen-bond acceptors (Lipinski definition) is 3. The standard InChI is InChI=1S/C15H15ClFN3/c16-13-8-14(20-15(19-13)7-10-1-2-10)18-9-11-3-5-12(17)6-4-11/h3-6,8,10H,1-2,7,9H2,(H,18,19,20). The van der Waals surface area contributed by atoms with Crippen LogP contribution in [0.2, 0.25) is 5.15 Å². The van der Waals surface area contributed by atoms with Gasteiger partial charge in [0.15, 0.2) is 0 Å². The van der Waals surface area contributed by atoms with Crippen molar-refractivity contribution in [3.8, 4) is 0 Å². The molecule has 0 atom stereocenters. The van der Waals surface area contributed by atoms with Gasteiger partial charge in [0.05, 0.1) is 0 Å². The van der Waals surface area contributed by atoms with E-state index in [0.717, 1.165) is 23.7 Å². The molecule has 1 fully saturated rings. The molecule has 1 aromatic heterocycles. The van der Waals surface area contributed by atoms with Crippen molar-refractivity contribution in [1.82, 2.24) is 9.97 Å². The molecule has 1 aromatic carbocycles. The SMILES string of the molecule is Fc1ccc(CNc2cc(Cl)nc(CC3CC3)n2)cc1. The molecule has 1 aliphatic carbocycles. The third-order valence-electron chi connectivity index (χ3n) is 3.30. The summed E-state index contributed by atoms with van der Waals surface area (Å²) in [5.41, 5.74) is 0.991. The van der Waals surface area contributed by atoms with Crippen LogP contribution in [0.25, 0.3) is 0 Å². The average molecular weight is 292 g/mol. The molecule has 20 heavy (non-hydrogen) atoms. The van der Waals surface area contributed by atoms with Crippen molar-refractivity contribution in [3.63, 3.8) is 0 Å². The van der Waals surface area contributed by atoms with E-state index in [9.17, 15) is 4.39 Å². The van der Waals surface area contributed by atoms with Crippen LogP contribution in [-0.4, -0.2) is 9.97 Å². The second-order valence-electron chi connectivity index (χ2n) is 5.12. The fourth-order valence-corrected chi connectivity index (χ4v) is 2.22. The van der Waals surface area contributed by atoms with Gasteiger partial charge in [-0.3, -0.25) is 0 Å². The fraction of sp³-hybridized carbons (Fsp3) is 0.333. The maximum atomic E-state index is 12.8. The predicted molar refractivity (Wildman–Crippen MR) is 77.2 cm³/mol. The monoisotopic (exact) mass is 291 g/mol. The van der Waals surface area contributed by atoms with Crippen LogP contribution in [0, 0.1) is 11.7 Å². The van der Waals surface area contributed by atoms with Crippen LogP contribution in [-0.2, 0) is 13.0 Å². The first-order valence-electron chi connectivity index (χ1n) is 6.71. The van der Waals surface area contributed by atoms with E-state index in [1.165, 1.54) is 25.0 Å². The van der Waals surface area contributed by atoms with Crippen LogP contribution in [0.5, 0.6) is 0 Å². The molecule has 3 rings (SSSR count). The molecule has 0 amide bonds. The van der Waals surface area contributed by atoms with Gasteiger partial charge in [0.2, 0.25) is 0 Å². The molecule has 0 unspecified atom stereocenters. The van der Waals surface area contributed by atoms with Gasteiger partial charge in [-0.25, -0.2) is 14.4 Å². The highest BCUT2D eigenvalue weighted by molar-refractivity contribution is 6.29. The molecule has 0 radical (unpaired) electrons. The zero-order chi connectivity index (χ0) is 13.9. The summed E-state index contributed by atoms with van der Waals surface area (Å²) in [5, 5.41) is 3.65. The molecule has 3 nitrogen and oxygen atoms in total. The molecule has 0 saturated heterocycles. The van der Waals surface area contributed by atoms with Crippen molar-refractivity contribution in [2.24, 2.45) is 5.92 Å². The highest BCUT2D eigenvalue weighted by Gasteiger charge is 2.23. The number of halogens is 2. The Balaban J connectivity index is 1.66. The maximum absolute atomic E-state index is 12.8. The average Bonchev–Trinajstić information content (AvgIpc) is 3.21. The van der Waals surface area contributed by atoms with Gasteiger partial charge in [-0.15, -0.1) is 0 Å². The number of nitrogens with one attached hydrogen (secondary N) is 1. The van der Waals surface area contributed by atoms with Gasteiger partial charge in [0.25, 0.3) is 0 Å². The summed E-state index contributed by atoms with van der Waals surface area (Å²) in [4.78, 5) is 8.71. The summed E-state index contributed by atoms with van der Waals surface area (Å²) in [6, 6.07) is 8.10. The van der Waals surface area contributed by atoms with E-state index in [2.05, 4.69) is 15.3 Å². The summed E-state index contributed by atoms with van der Waals surface area (Å²) < 4.78 is 12.8. The summed E-state index contributed by atoms with van der Waals surface area (Å²) in [6.07, 6.45) is 3.41. The summed E-state index contributed by atoms with van der Waals surface area (Å²) in [6.45, 7) is 0.580. The smallest absolute Gasteiger partial charge is 0.134 e. The number of aromatic nitrogens is 2. The minimum atomic E-state index is -0.231. The van der Waals surface area contributed by atoms with Crippen LogP contribution in [0.15, 0.2) is 30.3 Å². The van der Waals surface area contributed by atoms with Gasteiger partial charge in [-0.1, -0.05) is 23.7 Å². The number of hydrogen-bond donors (Lipinski definition) is 1. The molecule has 104 valence electrons. The van der Waals surface area contributed by atoms with E-state index in [0.29, 0.717) is 17.5 Å². The number of anilines is 1. The van der Waals surface area contributed by atoms with Crippen LogP contribution >= 0.6 is 11.6 Å². The molecular formula is C15H15ClFN3. The van der Waals surface area contributed by atoms with Crippen molar-refractivity contribution >= 4 is 17.4 Å². The minimum Gasteiger partial charge on any atom is -0.366 e. The molecule has 2 aromatic rings. The van der Waals surface area contributed by atoms with Crippen molar-refractivity contribution < 1.29 is 4.39 Å². The molecule has 0 spiro atoms. The van der Waals surface area contributed by atoms with Gasteiger partial charge >= 0.3 is 0 Å². The molecule has 0 bridgehead atoms. The third kappa shape index (κ3) is 3.67. The first-order chi connectivity index (χ1) is 9.69. The van der Waals surface area contributed by atoms with E-state index in [4.69, 9.17) is 11.6 Å². The molecule has 1 aliphatic rings. The van der Waals surface area contributed by atoms with Crippen LogP contribution in [0.1, 0.15) is 24.2 Å². The molecule has 1 saturated carbocycles. The largest absolute Gasteiger partial charge is 0.366 e. The first-order valence-corrected chi connectivity index (χ1v) is 7.08. The Hall–Kier alpha value is -1.68. The molecule has 1 heterocycles. The maximum Gasteiger partial charge on any atom is 0.134 e. The molecule has 0 aliphatic heterocycles. The van der Waals surface area contributed by atoms with E-state index in [1.807, 2.05) is 0 Å². The van der Waals surface area contributed by atoms with Crippen LogP contribution < -0.4 is 5.32 Å². The van der Waals surface area contributed by atoms with Gasteiger partial charge < -0.3 is 5.32 Å². The lowest BCUT2D eigenvalue weighted by Crippen LogP contribution is -2.05. The molecule has 1 N–H and O–H groups in total.